The number of methoxy groups -OCH3 is 2. The summed E-state index contributed by atoms with van der Waals surface area (Å²) < 4.78 is 13.7. The fourth-order valence-electron chi connectivity index (χ4n) is 4.35. The van der Waals surface area contributed by atoms with Crippen LogP contribution < -0.4 is 33.9 Å². The summed E-state index contributed by atoms with van der Waals surface area (Å²) in [5.41, 5.74) is 5.21. The molecule has 0 radical (unpaired) electrons. The monoisotopic (exact) mass is 640 g/mol. The van der Waals surface area contributed by atoms with Crippen molar-refractivity contribution in [2.45, 2.75) is 39.3 Å². The van der Waals surface area contributed by atoms with Gasteiger partial charge in [-0.1, -0.05) is 17.7 Å². The van der Waals surface area contributed by atoms with Crippen molar-refractivity contribution in [2.24, 2.45) is 7.05 Å². The molecule has 0 saturated heterocycles. The van der Waals surface area contributed by atoms with Gasteiger partial charge in [0.2, 0.25) is 0 Å². The van der Waals surface area contributed by atoms with Gasteiger partial charge in [0.05, 0.1) is 19.8 Å². The first kappa shape index (κ1) is 37.8. The average molecular weight is 642 g/mol. The van der Waals surface area contributed by atoms with E-state index in [9.17, 15) is 9.59 Å². The van der Waals surface area contributed by atoms with Crippen molar-refractivity contribution in [3.63, 3.8) is 0 Å². The molecule has 0 bridgehead atoms. The number of nitrogens with zero attached hydrogens (tertiary/aromatic N) is 4. The van der Waals surface area contributed by atoms with E-state index in [2.05, 4.69) is 53.6 Å². The van der Waals surface area contributed by atoms with E-state index >= 15 is 0 Å². The number of aryl methyl sites for hydroxylation is 1. The molecule has 0 spiro atoms. The van der Waals surface area contributed by atoms with E-state index in [0.29, 0.717) is 22.9 Å². The zero-order chi connectivity index (χ0) is 31.6. The average Bonchev–Trinajstić information content (AvgIpc) is 2.97. The summed E-state index contributed by atoms with van der Waals surface area (Å²) >= 11 is 3.19. The van der Waals surface area contributed by atoms with E-state index in [-0.39, 0.29) is 30.0 Å². The number of aromatic nitrogens is 2. The largest absolute Gasteiger partial charge is 1.00 e. The third-order valence-corrected chi connectivity index (χ3v) is 7.44. The third-order valence-electron chi connectivity index (χ3n) is 7.00. The maximum absolute atomic E-state index is 12.2. The predicted molar refractivity (Wildman–Crippen MR) is 171 cm³/mol. The Morgan fingerprint density at radius 2 is 1.74 bits per heavy atom. The summed E-state index contributed by atoms with van der Waals surface area (Å²) in [6.45, 7) is 15.7. The molecule has 0 fully saturated rings. The van der Waals surface area contributed by atoms with Crippen molar-refractivity contribution in [1.29, 1.82) is 5.26 Å². The number of carbonyl (C=O) groups is 1. The van der Waals surface area contributed by atoms with Crippen molar-refractivity contribution in [1.82, 2.24) is 14.5 Å². The number of hydrogen-bond donors (Lipinski definition) is 0. The van der Waals surface area contributed by atoms with Gasteiger partial charge >= 0.3 is 18.9 Å². The first-order chi connectivity index (χ1) is 19.9. The topological polar surface area (TPSA) is 97.5 Å². The number of allylic oxidation sites excluding steroid dienone is 1. The SMILES string of the molecule is [CH2-]C(=O)/C(C#N)=C/c1cccc(Br)n1.[CH2-]CC(C[CH2-])N(C)Cc1c(OC)cc(-c2cn(C)c(=O)c(C)c2C)cc1OC.[Li+]. The second-order valence-electron chi connectivity index (χ2n) is 9.69. The van der Waals surface area contributed by atoms with Crippen LogP contribution in [-0.4, -0.2) is 47.5 Å². The number of halogens is 1. The van der Waals surface area contributed by atoms with Crippen LogP contribution in [0.25, 0.3) is 17.2 Å². The molecule has 8 nitrogen and oxygen atoms in total. The summed E-state index contributed by atoms with van der Waals surface area (Å²) in [7, 11) is 7.17. The fraction of sp³-hybridized carbons (Fsp3) is 0.303. The zero-order valence-corrected chi connectivity index (χ0v) is 27.7. The van der Waals surface area contributed by atoms with Crippen molar-refractivity contribution in [3.05, 3.63) is 100 Å². The zero-order valence-electron chi connectivity index (χ0n) is 26.2. The van der Waals surface area contributed by atoms with E-state index in [4.69, 9.17) is 14.7 Å². The van der Waals surface area contributed by atoms with E-state index in [0.717, 1.165) is 52.2 Å². The van der Waals surface area contributed by atoms with Crippen LogP contribution >= 0.6 is 15.9 Å². The molecule has 3 rings (SSSR count). The molecule has 224 valence electrons. The Morgan fingerprint density at radius 3 is 2.21 bits per heavy atom. The van der Waals surface area contributed by atoms with Gasteiger partial charge in [-0.2, -0.15) is 19.8 Å². The third kappa shape index (κ3) is 9.88. The first-order valence-electron chi connectivity index (χ1n) is 13.2. The molecule has 1 aromatic carbocycles. The van der Waals surface area contributed by atoms with Crippen molar-refractivity contribution >= 4 is 27.8 Å². The first-order valence-corrected chi connectivity index (χ1v) is 14.0. The molecule has 43 heavy (non-hydrogen) atoms. The number of Topliss-reactive ketones (excluding diaryl/α,β-unsaturated/α-hetero) is 1. The molecule has 3 aromatic rings. The van der Waals surface area contributed by atoms with Gasteiger partial charge in [-0.25, -0.2) is 10.2 Å². The van der Waals surface area contributed by atoms with E-state index in [1.807, 2.05) is 32.2 Å². The van der Waals surface area contributed by atoms with E-state index < -0.39 is 5.78 Å². The molecule has 0 saturated carbocycles. The Kier molecular flexibility index (Phi) is 15.6. The smallest absolute Gasteiger partial charge is 0.496 e. The van der Waals surface area contributed by atoms with Crippen LogP contribution in [0.5, 0.6) is 11.5 Å². The summed E-state index contributed by atoms with van der Waals surface area (Å²) in [6, 6.07) is 11.3. The molecule has 0 atom stereocenters. The number of ether oxygens (including phenoxy) is 2. The number of hydrogen-bond acceptors (Lipinski definition) is 7. The van der Waals surface area contributed by atoms with Crippen LogP contribution in [0.2, 0.25) is 0 Å². The minimum absolute atomic E-state index is 0. The van der Waals surface area contributed by atoms with Gasteiger partial charge in [-0.3, -0.25) is 4.79 Å². The van der Waals surface area contributed by atoms with Crippen molar-refractivity contribution in [3.8, 4) is 28.7 Å². The van der Waals surface area contributed by atoms with Crippen LogP contribution in [0.15, 0.2) is 51.5 Å². The Hall–Kier alpha value is -3.27. The maximum atomic E-state index is 12.2. The summed E-state index contributed by atoms with van der Waals surface area (Å²) in [4.78, 5) is 29.3. The van der Waals surface area contributed by atoms with Crippen LogP contribution in [0.1, 0.15) is 35.2 Å². The second-order valence-corrected chi connectivity index (χ2v) is 10.5. The van der Waals surface area contributed by atoms with Gasteiger partial charge in [0.1, 0.15) is 16.1 Å². The molecule has 0 aliphatic heterocycles. The minimum Gasteiger partial charge on any atom is -0.496 e. The number of benzene rings is 1. The van der Waals surface area contributed by atoms with Gasteiger partial charge in [0, 0.05) is 48.5 Å². The Labute approximate surface area is 276 Å². The van der Waals surface area contributed by atoms with E-state index in [1.54, 1.807) is 50.1 Å². The molecule has 10 heteroatoms. The summed E-state index contributed by atoms with van der Waals surface area (Å²) in [5.74, 6) is 1.02. The minimum atomic E-state index is -0.505. The molecular formula is C33H38BrLiN4O4-2. The van der Waals surface area contributed by atoms with Gasteiger partial charge in [0.15, 0.2) is 0 Å². The second kappa shape index (κ2) is 17.7. The molecule has 2 aromatic heterocycles. The van der Waals surface area contributed by atoms with Crippen molar-refractivity contribution in [2.75, 3.05) is 21.3 Å². The van der Waals surface area contributed by atoms with Gasteiger partial charge in [-0.15, -0.1) is 0 Å². The van der Waals surface area contributed by atoms with Gasteiger partial charge in [0.25, 0.3) is 5.56 Å². The summed E-state index contributed by atoms with van der Waals surface area (Å²) in [6.07, 6.45) is 4.85. The van der Waals surface area contributed by atoms with Gasteiger partial charge < -0.3 is 37.6 Å². The Balaban J connectivity index is 0.000000519. The molecular weight excluding hydrogens is 603 g/mol. The number of pyridine rings is 2. The molecule has 0 amide bonds. The molecule has 0 aliphatic rings. The number of nitriles is 1. The predicted octanol–water partition coefficient (Wildman–Crippen LogP) is 3.09. The quantitative estimate of drug-likeness (QED) is 0.110. The molecule has 0 unspecified atom stereocenters. The normalized spacial score (nSPS) is 10.9. The molecule has 2 heterocycles. The molecule has 0 N–H and O–H groups in total. The number of ketones is 1. The van der Waals surface area contributed by atoms with Crippen LogP contribution in [0.4, 0.5) is 0 Å². The number of carbonyl (C=O) groups excluding carboxylic acids is 1. The summed E-state index contributed by atoms with van der Waals surface area (Å²) in [5, 5.41) is 8.61. The van der Waals surface area contributed by atoms with Crippen LogP contribution in [0.3, 0.4) is 0 Å². The Bertz CT molecular complexity index is 1520. The van der Waals surface area contributed by atoms with Crippen LogP contribution in [-0.2, 0) is 18.4 Å². The standard InChI is InChI=1S/C23H32N2O3.C10H6BrN2O.Li/c1-9-18(10-2)24(5)14-20-21(27-7)11-17(12-22(20)28-8)19-13-25(6)23(26)16(4)15(19)3;1-7(14)8(6-12)5-9-3-2-4-10(11)13-9;/h11-13,18H,1-2,9-10,14H2,3-8H3;2-5H,1H2;/q-2;-1;+1/b;8-5+;. The van der Waals surface area contributed by atoms with E-state index in [1.165, 1.54) is 6.08 Å². The fourth-order valence-corrected chi connectivity index (χ4v) is 4.71. The van der Waals surface area contributed by atoms with Crippen molar-refractivity contribution < 1.29 is 33.1 Å². The maximum Gasteiger partial charge on any atom is 1.00 e. The molecule has 0 aliphatic carbocycles. The van der Waals surface area contributed by atoms with Crippen LogP contribution in [0, 0.1) is 45.9 Å². The number of rotatable bonds is 10. The Morgan fingerprint density at radius 1 is 1.16 bits per heavy atom. The van der Waals surface area contributed by atoms with Gasteiger partial charge in [-0.05, 0) is 78.3 Å².